The third-order valence-electron chi connectivity index (χ3n) is 4.21. The van der Waals surface area contributed by atoms with Gasteiger partial charge in [-0.1, -0.05) is 54.6 Å². The topological polar surface area (TPSA) is 45.6 Å². The Hall–Kier alpha value is -3.27. The van der Waals surface area contributed by atoms with Crippen LogP contribution in [0.3, 0.4) is 0 Å². The van der Waals surface area contributed by atoms with Gasteiger partial charge in [0.15, 0.2) is 5.96 Å². The van der Waals surface area contributed by atoms with E-state index < -0.39 is 0 Å². The highest BCUT2D eigenvalue weighted by Gasteiger charge is 2.06. The number of anilines is 1. The van der Waals surface area contributed by atoms with Crippen LogP contribution < -0.4 is 15.4 Å². The van der Waals surface area contributed by atoms with Crippen LogP contribution in [-0.2, 0) is 6.61 Å². The molecule has 0 fully saturated rings. The Balaban J connectivity index is 1.43. The van der Waals surface area contributed by atoms with E-state index in [0.29, 0.717) is 6.61 Å². The minimum Gasteiger partial charge on any atom is -0.489 e. The molecule has 0 bridgehead atoms. The molecule has 0 unspecified atom stereocenters. The summed E-state index contributed by atoms with van der Waals surface area (Å²) in [5.74, 6) is 1.70. The van der Waals surface area contributed by atoms with Crippen LogP contribution in [0.25, 0.3) is 11.1 Å². The Kier molecular flexibility index (Phi) is 4.83. The van der Waals surface area contributed by atoms with E-state index >= 15 is 0 Å². The summed E-state index contributed by atoms with van der Waals surface area (Å²) in [7, 11) is 0. The molecule has 26 heavy (non-hydrogen) atoms. The lowest BCUT2D eigenvalue weighted by Gasteiger charge is -2.11. The fraction of sp³-hybridized carbons (Fsp3) is 0.136. The van der Waals surface area contributed by atoms with Crippen molar-refractivity contribution in [1.29, 1.82) is 0 Å². The molecule has 4 rings (SSSR count). The molecule has 0 radical (unpaired) electrons. The third kappa shape index (κ3) is 4.03. The van der Waals surface area contributed by atoms with Gasteiger partial charge in [0.2, 0.25) is 0 Å². The van der Waals surface area contributed by atoms with Crippen molar-refractivity contribution in [2.45, 2.75) is 6.61 Å². The lowest BCUT2D eigenvalue weighted by molar-refractivity contribution is 0.306. The lowest BCUT2D eigenvalue weighted by atomic mass is 10.1. The van der Waals surface area contributed by atoms with Crippen LogP contribution in [0.1, 0.15) is 5.56 Å². The number of aliphatic imine (C=N–C) groups is 1. The number of hydrogen-bond acceptors (Lipinski definition) is 4. The summed E-state index contributed by atoms with van der Waals surface area (Å²) in [6.07, 6.45) is 0. The second-order valence-electron chi connectivity index (χ2n) is 6.17. The van der Waals surface area contributed by atoms with E-state index in [1.807, 2.05) is 42.5 Å². The Morgan fingerprint density at radius 1 is 0.885 bits per heavy atom. The zero-order chi connectivity index (χ0) is 17.6. The number of nitrogens with one attached hydrogen (secondary N) is 2. The molecule has 0 amide bonds. The Morgan fingerprint density at radius 2 is 1.73 bits per heavy atom. The fourth-order valence-corrected chi connectivity index (χ4v) is 2.92. The summed E-state index contributed by atoms with van der Waals surface area (Å²) in [5.41, 5.74) is 4.47. The molecule has 0 spiro atoms. The number of guanidine groups is 1. The average molecular weight is 343 g/mol. The molecule has 4 nitrogen and oxygen atoms in total. The van der Waals surface area contributed by atoms with Crippen LogP contribution in [0, 0.1) is 0 Å². The number of benzene rings is 3. The van der Waals surface area contributed by atoms with E-state index in [2.05, 4.69) is 52.0 Å². The minimum atomic E-state index is 0.521. The summed E-state index contributed by atoms with van der Waals surface area (Å²) in [6, 6.07) is 26.7. The molecule has 0 saturated carbocycles. The molecule has 0 saturated heterocycles. The maximum absolute atomic E-state index is 6.01. The fourth-order valence-electron chi connectivity index (χ4n) is 2.92. The zero-order valence-corrected chi connectivity index (χ0v) is 14.5. The summed E-state index contributed by atoms with van der Waals surface area (Å²) in [4.78, 5) is 4.36. The molecule has 3 aromatic carbocycles. The van der Waals surface area contributed by atoms with Gasteiger partial charge in [-0.05, 0) is 41.0 Å². The van der Waals surface area contributed by atoms with Gasteiger partial charge >= 0.3 is 0 Å². The predicted molar refractivity (Wildman–Crippen MR) is 107 cm³/mol. The monoisotopic (exact) mass is 343 g/mol. The molecule has 1 heterocycles. The first kappa shape index (κ1) is 16.2. The standard InChI is InChI=1S/C22H21N3O/c1-2-7-18(8-3-1)19-9-5-11-21(15-19)26-16-17-6-4-10-20(14-17)25-22-23-12-13-24-22/h1-11,14-15H,12-13,16H2,(H2,23,24,25). The zero-order valence-electron chi connectivity index (χ0n) is 14.5. The molecule has 1 aliphatic rings. The first-order valence-electron chi connectivity index (χ1n) is 8.79. The van der Waals surface area contributed by atoms with Crippen LogP contribution in [0.5, 0.6) is 5.75 Å². The van der Waals surface area contributed by atoms with Crippen LogP contribution >= 0.6 is 0 Å². The first-order chi connectivity index (χ1) is 12.9. The molecule has 0 atom stereocenters. The second kappa shape index (κ2) is 7.74. The van der Waals surface area contributed by atoms with Gasteiger partial charge in [-0.3, -0.25) is 4.99 Å². The van der Waals surface area contributed by atoms with Gasteiger partial charge in [0.05, 0.1) is 6.54 Å². The molecule has 0 aliphatic carbocycles. The molecule has 2 N–H and O–H groups in total. The van der Waals surface area contributed by atoms with E-state index in [0.717, 1.165) is 41.6 Å². The van der Waals surface area contributed by atoms with Gasteiger partial charge in [-0.2, -0.15) is 0 Å². The number of ether oxygens (including phenoxy) is 1. The summed E-state index contributed by atoms with van der Waals surface area (Å²) in [5, 5.41) is 6.51. The molecule has 1 aliphatic heterocycles. The number of hydrogen-bond donors (Lipinski definition) is 2. The van der Waals surface area contributed by atoms with Crippen molar-refractivity contribution in [2.75, 3.05) is 18.4 Å². The van der Waals surface area contributed by atoms with Gasteiger partial charge in [0.1, 0.15) is 12.4 Å². The summed E-state index contributed by atoms with van der Waals surface area (Å²) >= 11 is 0. The van der Waals surface area contributed by atoms with E-state index in [1.54, 1.807) is 0 Å². The quantitative estimate of drug-likeness (QED) is 0.726. The Bertz CT molecular complexity index is 906. The van der Waals surface area contributed by atoms with E-state index in [4.69, 9.17) is 4.74 Å². The highest BCUT2D eigenvalue weighted by molar-refractivity contribution is 5.94. The van der Waals surface area contributed by atoms with Crippen molar-refractivity contribution in [3.8, 4) is 16.9 Å². The van der Waals surface area contributed by atoms with E-state index in [-0.39, 0.29) is 0 Å². The smallest absolute Gasteiger partial charge is 0.195 e. The first-order valence-corrected chi connectivity index (χ1v) is 8.79. The van der Waals surface area contributed by atoms with Crippen molar-refractivity contribution >= 4 is 11.6 Å². The molecular formula is C22H21N3O. The van der Waals surface area contributed by atoms with E-state index in [9.17, 15) is 0 Å². The van der Waals surface area contributed by atoms with E-state index in [1.165, 1.54) is 5.56 Å². The average Bonchev–Trinajstić information content (AvgIpc) is 3.21. The van der Waals surface area contributed by atoms with Gasteiger partial charge in [-0.15, -0.1) is 0 Å². The normalized spacial score (nSPS) is 13.0. The maximum atomic E-state index is 6.01. The van der Waals surface area contributed by atoms with Gasteiger partial charge in [-0.25, -0.2) is 0 Å². The Morgan fingerprint density at radius 3 is 2.58 bits per heavy atom. The van der Waals surface area contributed by atoms with Crippen molar-refractivity contribution in [3.05, 3.63) is 84.4 Å². The van der Waals surface area contributed by atoms with Crippen LogP contribution in [0.2, 0.25) is 0 Å². The van der Waals surface area contributed by atoms with Crippen LogP contribution in [-0.4, -0.2) is 19.0 Å². The molecule has 0 aromatic heterocycles. The summed E-state index contributed by atoms with van der Waals surface area (Å²) in [6.45, 7) is 2.24. The van der Waals surface area contributed by atoms with Crippen molar-refractivity contribution in [1.82, 2.24) is 5.32 Å². The second-order valence-corrected chi connectivity index (χ2v) is 6.17. The third-order valence-corrected chi connectivity index (χ3v) is 4.21. The highest BCUT2D eigenvalue weighted by Crippen LogP contribution is 2.24. The number of nitrogens with zero attached hydrogens (tertiary/aromatic N) is 1. The van der Waals surface area contributed by atoms with Crippen molar-refractivity contribution < 1.29 is 4.74 Å². The predicted octanol–water partition coefficient (Wildman–Crippen LogP) is 4.30. The number of rotatable bonds is 5. The van der Waals surface area contributed by atoms with Gasteiger partial charge < -0.3 is 15.4 Å². The molecule has 4 heteroatoms. The minimum absolute atomic E-state index is 0.521. The largest absolute Gasteiger partial charge is 0.489 e. The molecular weight excluding hydrogens is 322 g/mol. The summed E-state index contributed by atoms with van der Waals surface area (Å²) < 4.78 is 6.01. The highest BCUT2D eigenvalue weighted by atomic mass is 16.5. The SMILES string of the molecule is c1ccc(-c2cccc(OCc3cccc(NC4=NCCN4)c3)c2)cc1. The van der Waals surface area contributed by atoms with Gasteiger partial charge in [0, 0.05) is 12.2 Å². The Labute approximate surface area is 153 Å². The maximum Gasteiger partial charge on any atom is 0.195 e. The lowest BCUT2D eigenvalue weighted by Crippen LogP contribution is -2.26. The van der Waals surface area contributed by atoms with Crippen LogP contribution in [0.4, 0.5) is 5.69 Å². The van der Waals surface area contributed by atoms with Crippen LogP contribution in [0.15, 0.2) is 83.9 Å². The van der Waals surface area contributed by atoms with Crippen molar-refractivity contribution in [2.24, 2.45) is 4.99 Å². The van der Waals surface area contributed by atoms with Crippen molar-refractivity contribution in [3.63, 3.8) is 0 Å². The molecule has 3 aromatic rings. The van der Waals surface area contributed by atoms with Gasteiger partial charge in [0.25, 0.3) is 0 Å². The molecule has 130 valence electrons.